The molecule has 29 heavy (non-hydrogen) atoms. The van der Waals surface area contributed by atoms with Gasteiger partial charge in [0.2, 0.25) is 5.91 Å². The fourth-order valence-corrected chi connectivity index (χ4v) is 3.38. The van der Waals surface area contributed by atoms with Crippen molar-refractivity contribution in [1.82, 2.24) is 10.2 Å². The number of nitrogens with zero attached hydrogens (tertiary/aromatic N) is 2. The fraction of sp³-hybridized carbons (Fsp3) is 0.348. The van der Waals surface area contributed by atoms with Gasteiger partial charge >= 0.3 is 0 Å². The number of halogens is 1. The highest BCUT2D eigenvalue weighted by molar-refractivity contribution is 6.46. The number of benzene rings is 2. The van der Waals surface area contributed by atoms with Gasteiger partial charge < -0.3 is 10.2 Å². The van der Waals surface area contributed by atoms with Gasteiger partial charge in [-0.2, -0.15) is 0 Å². The molecule has 5 nitrogen and oxygen atoms in total. The van der Waals surface area contributed by atoms with Crippen LogP contribution in [0.1, 0.15) is 38.3 Å². The Kier molecular flexibility index (Phi) is 6.11. The molecule has 1 aliphatic heterocycles. The maximum absolute atomic E-state index is 13.2. The molecule has 3 rings (SSSR count). The molecule has 1 unspecified atom stereocenters. The second-order valence-electron chi connectivity index (χ2n) is 7.85. The lowest BCUT2D eigenvalue weighted by Crippen LogP contribution is -2.49. The predicted molar refractivity (Wildman–Crippen MR) is 111 cm³/mol. The molecule has 0 aliphatic carbocycles. The second-order valence-corrected chi connectivity index (χ2v) is 7.85. The van der Waals surface area contributed by atoms with Crippen molar-refractivity contribution in [2.75, 3.05) is 6.54 Å². The van der Waals surface area contributed by atoms with Crippen molar-refractivity contribution in [2.45, 2.75) is 45.3 Å². The van der Waals surface area contributed by atoms with Crippen LogP contribution in [0.4, 0.5) is 4.39 Å². The number of amides is 2. The summed E-state index contributed by atoms with van der Waals surface area (Å²) in [5.74, 6) is -0.920. The van der Waals surface area contributed by atoms with E-state index in [0.29, 0.717) is 5.56 Å². The summed E-state index contributed by atoms with van der Waals surface area (Å²) in [6, 6.07) is 15.7. The Bertz CT molecular complexity index is 907. The highest BCUT2D eigenvalue weighted by Crippen LogP contribution is 2.26. The van der Waals surface area contributed by atoms with Gasteiger partial charge in [-0.05, 0) is 63.4 Å². The van der Waals surface area contributed by atoms with E-state index < -0.39 is 5.66 Å². The molecule has 1 aliphatic rings. The first-order chi connectivity index (χ1) is 13.8. The van der Waals surface area contributed by atoms with Crippen molar-refractivity contribution >= 4 is 17.5 Å². The minimum absolute atomic E-state index is 0.0130. The van der Waals surface area contributed by atoms with Gasteiger partial charge in [0, 0.05) is 11.6 Å². The van der Waals surface area contributed by atoms with Crippen LogP contribution in [-0.4, -0.2) is 40.7 Å². The SMILES string of the molecule is CC(CCc1ccccc1)NC(=O)CN1C(=O)C(c2ccc(F)cc2)=NC1(C)C. The number of aliphatic imine (C=N–C) groups is 1. The maximum atomic E-state index is 13.2. The van der Waals surface area contributed by atoms with Crippen LogP contribution in [0.15, 0.2) is 59.6 Å². The first kappa shape index (κ1) is 20.7. The third kappa shape index (κ3) is 5.08. The zero-order valence-corrected chi connectivity index (χ0v) is 17.0. The van der Waals surface area contributed by atoms with Crippen LogP contribution in [0.25, 0.3) is 0 Å². The van der Waals surface area contributed by atoms with E-state index in [1.54, 1.807) is 13.8 Å². The van der Waals surface area contributed by atoms with E-state index in [2.05, 4.69) is 22.4 Å². The summed E-state index contributed by atoms with van der Waals surface area (Å²) in [5.41, 5.74) is 1.18. The summed E-state index contributed by atoms with van der Waals surface area (Å²) in [5, 5.41) is 2.96. The summed E-state index contributed by atoms with van der Waals surface area (Å²) in [6.45, 7) is 5.45. The number of nitrogens with one attached hydrogen (secondary N) is 1. The maximum Gasteiger partial charge on any atom is 0.275 e. The minimum atomic E-state index is -0.842. The van der Waals surface area contributed by atoms with E-state index in [9.17, 15) is 14.0 Å². The average Bonchev–Trinajstić information content (AvgIpc) is 2.91. The summed E-state index contributed by atoms with van der Waals surface area (Å²) >= 11 is 0. The number of carbonyl (C=O) groups is 2. The summed E-state index contributed by atoms with van der Waals surface area (Å²) in [4.78, 5) is 31.3. The third-order valence-electron chi connectivity index (χ3n) is 5.03. The first-order valence-corrected chi connectivity index (χ1v) is 9.77. The van der Waals surface area contributed by atoms with Gasteiger partial charge in [-0.3, -0.25) is 14.6 Å². The van der Waals surface area contributed by atoms with Crippen LogP contribution in [0.5, 0.6) is 0 Å². The molecule has 6 heteroatoms. The molecule has 0 aromatic heterocycles. The Morgan fingerprint density at radius 3 is 2.45 bits per heavy atom. The average molecular weight is 395 g/mol. The number of hydrogen-bond acceptors (Lipinski definition) is 3. The molecular weight excluding hydrogens is 369 g/mol. The fourth-order valence-electron chi connectivity index (χ4n) is 3.38. The molecule has 0 fully saturated rings. The quantitative estimate of drug-likeness (QED) is 0.782. The molecule has 2 amide bonds. The van der Waals surface area contributed by atoms with Gasteiger partial charge in [0.15, 0.2) is 0 Å². The molecule has 1 atom stereocenters. The van der Waals surface area contributed by atoms with Crippen LogP contribution >= 0.6 is 0 Å². The molecule has 1 N–H and O–H groups in total. The molecule has 0 saturated carbocycles. The monoisotopic (exact) mass is 395 g/mol. The highest BCUT2D eigenvalue weighted by Gasteiger charge is 2.41. The molecule has 1 heterocycles. The highest BCUT2D eigenvalue weighted by atomic mass is 19.1. The first-order valence-electron chi connectivity index (χ1n) is 9.77. The van der Waals surface area contributed by atoms with Gasteiger partial charge in [-0.15, -0.1) is 0 Å². The number of aryl methyl sites for hydroxylation is 1. The van der Waals surface area contributed by atoms with Crippen molar-refractivity contribution < 1.29 is 14.0 Å². The van der Waals surface area contributed by atoms with Crippen LogP contribution < -0.4 is 5.32 Å². The molecule has 0 spiro atoms. The van der Waals surface area contributed by atoms with E-state index in [-0.39, 0.29) is 35.9 Å². The van der Waals surface area contributed by atoms with E-state index in [1.807, 2.05) is 25.1 Å². The van der Waals surface area contributed by atoms with Crippen LogP contribution in [-0.2, 0) is 16.0 Å². The standard InChI is InChI=1S/C23H26FN3O2/c1-16(9-10-17-7-5-4-6-8-17)25-20(28)15-27-22(29)21(26-23(27,2)3)18-11-13-19(24)14-12-18/h4-8,11-14,16H,9-10,15H2,1-3H3,(H,25,28). The van der Waals surface area contributed by atoms with Crippen molar-refractivity contribution in [3.63, 3.8) is 0 Å². The normalized spacial score (nSPS) is 16.5. The lowest BCUT2D eigenvalue weighted by Gasteiger charge is -2.29. The van der Waals surface area contributed by atoms with E-state index in [4.69, 9.17) is 0 Å². The van der Waals surface area contributed by atoms with Gasteiger partial charge in [-0.25, -0.2) is 4.39 Å². The predicted octanol–water partition coefficient (Wildman–Crippen LogP) is 3.33. The Labute approximate surface area is 170 Å². The van der Waals surface area contributed by atoms with Crippen molar-refractivity contribution in [3.8, 4) is 0 Å². The molecule has 152 valence electrons. The molecule has 2 aromatic rings. The zero-order chi connectivity index (χ0) is 21.0. The zero-order valence-electron chi connectivity index (χ0n) is 17.0. The summed E-state index contributed by atoms with van der Waals surface area (Å²) < 4.78 is 13.2. The number of hydrogen-bond donors (Lipinski definition) is 1. The van der Waals surface area contributed by atoms with Gasteiger partial charge in [-0.1, -0.05) is 30.3 Å². The van der Waals surface area contributed by atoms with Crippen molar-refractivity contribution in [2.24, 2.45) is 4.99 Å². The van der Waals surface area contributed by atoms with Crippen molar-refractivity contribution in [3.05, 3.63) is 71.5 Å². The third-order valence-corrected chi connectivity index (χ3v) is 5.03. The van der Waals surface area contributed by atoms with Gasteiger partial charge in [0.25, 0.3) is 5.91 Å². The number of rotatable bonds is 7. The molecule has 0 bridgehead atoms. The van der Waals surface area contributed by atoms with E-state index >= 15 is 0 Å². The van der Waals surface area contributed by atoms with Gasteiger partial charge in [0.1, 0.15) is 23.7 Å². The van der Waals surface area contributed by atoms with Gasteiger partial charge in [0.05, 0.1) is 0 Å². The van der Waals surface area contributed by atoms with E-state index in [0.717, 1.165) is 12.8 Å². The summed E-state index contributed by atoms with van der Waals surface area (Å²) in [6.07, 6.45) is 1.68. The van der Waals surface area contributed by atoms with Crippen LogP contribution in [0, 0.1) is 5.82 Å². The minimum Gasteiger partial charge on any atom is -0.352 e. The number of carbonyl (C=O) groups excluding carboxylic acids is 2. The Hall–Kier alpha value is -3.02. The Morgan fingerprint density at radius 2 is 1.79 bits per heavy atom. The Balaban J connectivity index is 1.58. The topological polar surface area (TPSA) is 61.8 Å². The van der Waals surface area contributed by atoms with E-state index in [1.165, 1.54) is 34.7 Å². The van der Waals surface area contributed by atoms with Crippen LogP contribution in [0.2, 0.25) is 0 Å². The molecule has 0 radical (unpaired) electrons. The largest absolute Gasteiger partial charge is 0.352 e. The lowest BCUT2D eigenvalue weighted by atomic mass is 10.1. The summed E-state index contributed by atoms with van der Waals surface area (Å²) in [7, 11) is 0. The second kappa shape index (κ2) is 8.55. The molecular formula is C23H26FN3O2. The lowest BCUT2D eigenvalue weighted by molar-refractivity contribution is -0.134. The Morgan fingerprint density at radius 1 is 1.14 bits per heavy atom. The van der Waals surface area contributed by atoms with Crippen molar-refractivity contribution in [1.29, 1.82) is 0 Å². The van der Waals surface area contributed by atoms with Crippen LogP contribution in [0.3, 0.4) is 0 Å². The smallest absolute Gasteiger partial charge is 0.275 e. The molecule has 2 aromatic carbocycles. The molecule has 0 saturated heterocycles.